The van der Waals surface area contributed by atoms with Gasteiger partial charge in [0.25, 0.3) is 0 Å². The van der Waals surface area contributed by atoms with Crippen LogP contribution in [-0.2, 0) is 0 Å². The Hall–Kier alpha value is -0.970. The Kier molecular flexibility index (Phi) is 7.70. The predicted molar refractivity (Wildman–Crippen MR) is 71.7 cm³/mol. The van der Waals surface area contributed by atoms with E-state index in [1.54, 1.807) is 12.1 Å². The highest BCUT2D eigenvalue weighted by Gasteiger charge is 2.09. The van der Waals surface area contributed by atoms with Crippen LogP contribution in [-0.4, -0.2) is 18.3 Å². The van der Waals surface area contributed by atoms with Gasteiger partial charge in [-0.1, -0.05) is 6.07 Å². The molecule has 5 N–H and O–H groups in total. The number of hydrogen-bond acceptors (Lipinski definition) is 4. The highest BCUT2D eigenvalue weighted by atomic mass is 35.5. The van der Waals surface area contributed by atoms with Crippen molar-refractivity contribution in [2.45, 2.75) is 25.8 Å². The van der Waals surface area contributed by atoms with E-state index in [-0.39, 0.29) is 24.2 Å². The van der Waals surface area contributed by atoms with Gasteiger partial charge in [-0.15, -0.1) is 12.4 Å². The fourth-order valence-corrected chi connectivity index (χ4v) is 1.54. The van der Waals surface area contributed by atoms with E-state index in [4.69, 9.17) is 16.2 Å². The number of phenolic OH excluding ortho intramolecular Hbond substituents is 1. The molecule has 0 amide bonds. The molecule has 1 atom stereocenters. The number of rotatable bonds is 6. The van der Waals surface area contributed by atoms with E-state index in [9.17, 15) is 5.11 Å². The van der Waals surface area contributed by atoms with Crippen LogP contribution < -0.4 is 16.2 Å². The third-order valence-electron chi connectivity index (χ3n) is 2.43. The van der Waals surface area contributed by atoms with Gasteiger partial charge in [0.05, 0.1) is 6.61 Å². The van der Waals surface area contributed by atoms with E-state index in [1.807, 2.05) is 13.0 Å². The number of halogens is 1. The summed E-state index contributed by atoms with van der Waals surface area (Å²) in [4.78, 5) is 0. The van der Waals surface area contributed by atoms with Gasteiger partial charge in [0, 0.05) is 6.04 Å². The SMILES string of the molecule is CCOc1cc([C@@H](N)CCCN)ccc1O.Cl. The highest BCUT2D eigenvalue weighted by Crippen LogP contribution is 2.29. The molecule has 17 heavy (non-hydrogen) atoms. The molecule has 0 saturated heterocycles. The number of phenols is 1. The summed E-state index contributed by atoms with van der Waals surface area (Å²) in [6, 6.07) is 5.17. The van der Waals surface area contributed by atoms with Crippen molar-refractivity contribution in [2.75, 3.05) is 13.2 Å². The molecular formula is C12H21ClN2O2. The molecule has 0 bridgehead atoms. The number of ether oxygens (including phenoxy) is 1. The molecule has 0 aliphatic carbocycles. The first-order valence-corrected chi connectivity index (χ1v) is 5.60. The van der Waals surface area contributed by atoms with Crippen molar-refractivity contribution in [3.63, 3.8) is 0 Å². The van der Waals surface area contributed by atoms with Gasteiger partial charge in [-0.25, -0.2) is 0 Å². The van der Waals surface area contributed by atoms with Crippen molar-refractivity contribution >= 4 is 12.4 Å². The average Bonchev–Trinajstić information content (AvgIpc) is 2.29. The second-order valence-electron chi connectivity index (χ2n) is 3.70. The van der Waals surface area contributed by atoms with Crippen LogP contribution in [0.1, 0.15) is 31.4 Å². The summed E-state index contributed by atoms with van der Waals surface area (Å²) in [5.41, 5.74) is 12.4. The van der Waals surface area contributed by atoms with Gasteiger partial charge in [-0.3, -0.25) is 0 Å². The first-order chi connectivity index (χ1) is 7.69. The minimum Gasteiger partial charge on any atom is -0.504 e. The third-order valence-corrected chi connectivity index (χ3v) is 2.43. The summed E-state index contributed by atoms with van der Waals surface area (Å²) in [6.45, 7) is 3.04. The Morgan fingerprint density at radius 1 is 1.41 bits per heavy atom. The third kappa shape index (κ3) is 4.81. The lowest BCUT2D eigenvalue weighted by molar-refractivity contribution is 0.317. The van der Waals surface area contributed by atoms with Crippen LogP contribution in [0.3, 0.4) is 0 Å². The van der Waals surface area contributed by atoms with Gasteiger partial charge in [0.15, 0.2) is 11.5 Å². The average molecular weight is 261 g/mol. The fraction of sp³-hybridized carbons (Fsp3) is 0.500. The zero-order valence-electron chi connectivity index (χ0n) is 10.1. The number of hydrogen-bond donors (Lipinski definition) is 3. The van der Waals surface area contributed by atoms with Crippen LogP contribution in [0.25, 0.3) is 0 Å². The Bertz CT molecular complexity index is 334. The van der Waals surface area contributed by atoms with E-state index in [2.05, 4.69) is 0 Å². The topological polar surface area (TPSA) is 81.5 Å². The lowest BCUT2D eigenvalue weighted by Gasteiger charge is -2.13. The Balaban J connectivity index is 0.00000256. The number of nitrogens with two attached hydrogens (primary N) is 2. The van der Waals surface area contributed by atoms with Crippen molar-refractivity contribution < 1.29 is 9.84 Å². The molecule has 0 radical (unpaired) electrons. The molecule has 1 aromatic carbocycles. The quantitative estimate of drug-likeness (QED) is 0.730. The summed E-state index contributed by atoms with van der Waals surface area (Å²) in [5, 5.41) is 9.54. The molecule has 0 aromatic heterocycles. The molecule has 0 saturated carbocycles. The van der Waals surface area contributed by atoms with E-state index in [0.717, 1.165) is 18.4 Å². The summed E-state index contributed by atoms with van der Waals surface area (Å²) < 4.78 is 5.30. The smallest absolute Gasteiger partial charge is 0.161 e. The maximum Gasteiger partial charge on any atom is 0.161 e. The van der Waals surface area contributed by atoms with Gasteiger partial charge >= 0.3 is 0 Å². The molecule has 5 heteroatoms. The zero-order valence-corrected chi connectivity index (χ0v) is 10.9. The van der Waals surface area contributed by atoms with Gasteiger partial charge < -0.3 is 21.3 Å². The summed E-state index contributed by atoms with van der Waals surface area (Å²) in [7, 11) is 0. The van der Waals surface area contributed by atoms with Crippen molar-refractivity contribution in [2.24, 2.45) is 11.5 Å². The van der Waals surface area contributed by atoms with Crippen LogP contribution in [0.15, 0.2) is 18.2 Å². The van der Waals surface area contributed by atoms with Gasteiger partial charge in [0.2, 0.25) is 0 Å². The molecular weight excluding hydrogens is 240 g/mol. The maximum atomic E-state index is 9.54. The summed E-state index contributed by atoms with van der Waals surface area (Å²) in [5.74, 6) is 0.639. The first kappa shape index (κ1) is 16.0. The van der Waals surface area contributed by atoms with Crippen molar-refractivity contribution in [3.05, 3.63) is 23.8 Å². The van der Waals surface area contributed by atoms with Crippen LogP contribution in [0.2, 0.25) is 0 Å². The second kappa shape index (κ2) is 8.17. The minimum absolute atomic E-state index is 0. The minimum atomic E-state index is -0.0524. The molecule has 4 nitrogen and oxygen atoms in total. The Morgan fingerprint density at radius 2 is 2.12 bits per heavy atom. The first-order valence-electron chi connectivity index (χ1n) is 5.60. The molecule has 1 rings (SSSR count). The molecule has 98 valence electrons. The maximum absolute atomic E-state index is 9.54. The zero-order chi connectivity index (χ0) is 12.0. The molecule has 0 aliphatic rings. The van der Waals surface area contributed by atoms with E-state index < -0.39 is 0 Å². The van der Waals surface area contributed by atoms with Gasteiger partial charge in [0.1, 0.15) is 0 Å². The number of aromatic hydroxyl groups is 1. The van der Waals surface area contributed by atoms with Crippen LogP contribution in [0.5, 0.6) is 11.5 Å². The van der Waals surface area contributed by atoms with Gasteiger partial charge in [-0.05, 0) is 44.0 Å². The Morgan fingerprint density at radius 3 is 2.71 bits per heavy atom. The highest BCUT2D eigenvalue weighted by molar-refractivity contribution is 5.85. The Labute approximate surface area is 108 Å². The van der Waals surface area contributed by atoms with Crippen LogP contribution in [0, 0.1) is 0 Å². The largest absolute Gasteiger partial charge is 0.504 e. The van der Waals surface area contributed by atoms with Crippen molar-refractivity contribution in [1.82, 2.24) is 0 Å². The fourth-order valence-electron chi connectivity index (χ4n) is 1.54. The predicted octanol–water partition coefficient (Wildman–Crippen LogP) is 1.95. The monoisotopic (exact) mass is 260 g/mol. The van der Waals surface area contributed by atoms with E-state index in [1.165, 1.54) is 0 Å². The molecule has 0 aliphatic heterocycles. The molecule has 0 unspecified atom stereocenters. The standard InChI is InChI=1S/C12H20N2O2.ClH/c1-2-16-12-8-9(5-6-11(12)15)10(14)4-3-7-13;/h5-6,8,10,15H,2-4,7,13-14H2,1H3;1H/t10-;/m0./s1. The van der Waals surface area contributed by atoms with E-state index in [0.29, 0.717) is 18.9 Å². The second-order valence-corrected chi connectivity index (χ2v) is 3.70. The van der Waals surface area contributed by atoms with Crippen molar-refractivity contribution in [3.8, 4) is 11.5 Å². The lowest BCUT2D eigenvalue weighted by Crippen LogP contribution is -2.12. The molecule has 0 fully saturated rings. The molecule has 1 aromatic rings. The molecule has 0 heterocycles. The van der Waals surface area contributed by atoms with Crippen molar-refractivity contribution in [1.29, 1.82) is 0 Å². The number of benzene rings is 1. The van der Waals surface area contributed by atoms with Gasteiger partial charge in [-0.2, -0.15) is 0 Å². The molecule has 0 spiro atoms. The van der Waals surface area contributed by atoms with Crippen LogP contribution >= 0.6 is 12.4 Å². The lowest BCUT2D eigenvalue weighted by atomic mass is 10.0. The summed E-state index contributed by atoms with van der Waals surface area (Å²) >= 11 is 0. The summed E-state index contributed by atoms with van der Waals surface area (Å²) in [6.07, 6.45) is 1.73. The van der Waals surface area contributed by atoms with Crippen LogP contribution in [0.4, 0.5) is 0 Å². The normalized spacial score (nSPS) is 11.7. The van der Waals surface area contributed by atoms with E-state index >= 15 is 0 Å².